The molecule has 1 aliphatic rings. The number of nitrogens with one attached hydrogen (secondary N) is 1. The van der Waals surface area contributed by atoms with E-state index in [1.54, 1.807) is 5.56 Å². The highest BCUT2D eigenvalue weighted by Gasteiger charge is 2.27. The predicted molar refractivity (Wildman–Crippen MR) is 69.7 cm³/mol. The quantitative estimate of drug-likeness (QED) is 0.743. The molecule has 1 aliphatic carbocycles. The zero-order chi connectivity index (χ0) is 11.2. The molecule has 0 aromatic heterocycles. The van der Waals surface area contributed by atoms with E-state index >= 15 is 0 Å². The van der Waals surface area contributed by atoms with Gasteiger partial charge in [-0.05, 0) is 49.8 Å². The van der Waals surface area contributed by atoms with Gasteiger partial charge in [0.1, 0.15) is 0 Å². The van der Waals surface area contributed by atoms with Crippen LogP contribution < -0.4 is 5.32 Å². The molecule has 0 radical (unpaired) electrons. The maximum Gasteiger partial charge on any atom is -0.00147 e. The van der Waals surface area contributed by atoms with Crippen LogP contribution in [0.2, 0.25) is 0 Å². The van der Waals surface area contributed by atoms with Crippen molar-refractivity contribution in [1.29, 1.82) is 0 Å². The fourth-order valence-corrected chi connectivity index (χ4v) is 2.88. The molecule has 1 N–H and O–H groups in total. The number of hydrogen-bond donors (Lipinski definition) is 1. The second kappa shape index (κ2) is 6.05. The van der Waals surface area contributed by atoms with Gasteiger partial charge >= 0.3 is 0 Å². The Balaban J connectivity index is 1.93. The smallest absolute Gasteiger partial charge is 0.00147 e. The molecule has 88 valence electrons. The Labute approximate surface area is 99.3 Å². The molecule has 0 heterocycles. The van der Waals surface area contributed by atoms with Crippen LogP contribution in [0.1, 0.15) is 44.1 Å². The van der Waals surface area contributed by atoms with Gasteiger partial charge in [-0.2, -0.15) is 0 Å². The summed E-state index contributed by atoms with van der Waals surface area (Å²) in [5.41, 5.74) is 1.54. The Hall–Kier alpha value is -0.820. The van der Waals surface area contributed by atoms with Gasteiger partial charge in [0.05, 0.1) is 0 Å². The molecule has 1 fully saturated rings. The van der Waals surface area contributed by atoms with Gasteiger partial charge in [-0.1, -0.05) is 43.7 Å². The van der Waals surface area contributed by atoms with Gasteiger partial charge in [0, 0.05) is 0 Å². The highest BCUT2D eigenvalue weighted by atomic mass is 14.9. The van der Waals surface area contributed by atoms with Crippen LogP contribution in [-0.4, -0.2) is 13.1 Å². The molecule has 0 bridgehead atoms. The molecular formula is C15H23N. The Morgan fingerprint density at radius 1 is 1.19 bits per heavy atom. The minimum absolute atomic E-state index is 0.797. The van der Waals surface area contributed by atoms with E-state index in [0.717, 1.165) is 18.4 Å². The average molecular weight is 217 g/mol. The first-order chi connectivity index (χ1) is 7.92. The summed E-state index contributed by atoms with van der Waals surface area (Å²) in [5.74, 6) is 1.65. The highest BCUT2D eigenvalue weighted by Crippen LogP contribution is 2.38. The third kappa shape index (κ3) is 2.85. The van der Waals surface area contributed by atoms with Gasteiger partial charge in [-0.25, -0.2) is 0 Å². The van der Waals surface area contributed by atoms with Crippen LogP contribution in [0.15, 0.2) is 30.3 Å². The van der Waals surface area contributed by atoms with Crippen LogP contribution in [0.5, 0.6) is 0 Å². The Morgan fingerprint density at radius 2 is 2.00 bits per heavy atom. The largest absolute Gasteiger partial charge is 0.316 e. The van der Waals surface area contributed by atoms with Gasteiger partial charge in [0.2, 0.25) is 0 Å². The predicted octanol–water partition coefficient (Wildman–Crippen LogP) is 3.57. The molecule has 0 amide bonds. The van der Waals surface area contributed by atoms with Crippen molar-refractivity contribution in [3.05, 3.63) is 35.9 Å². The van der Waals surface area contributed by atoms with Crippen LogP contribution in [0.3, 0.4) is 0 Å². The molecular weight excluding hydrogens is 194 g/mol. The number of rotatable bonds is 5. The second-order valence-corrected chi connectivity index (χ2v) is 4.91. The van der Waals surface area contributed by atoms with Crippen molar-refractivity contribution >= 4 is 0 Å². The molecule has 1 aromatic carbocycles. The molecule has 1 aromatic rings. The minimum Gasteiger partial charge on any atom is -0.316 e. The summed E-state index contributed by atoms with van der Waals surface area (Å²) in [4.78, 5) is 0. The lowest BCUT2D eigenvalue weighted by Crippen LogP contribution is -2.25. The lowest BCUT2D eigenvalue weighted by molar-refractivity contribution is 0.444. The van der Waals surface area contributed by atoms with Crippen LogP contribution in [0.25, 0.3) is 0 Å². The SMILES string of the molecule is CCCNCC1CCCC1c1ccccc1. The zero-order valence-electron chi connectivity index (χ0n) is 10.3. The third-order valence-corrected chi connectivity index (χ3v) is 3.72. The molecule has 2 unspecified atom stereocenters. The van der Waals surface area contributed by atoms with E-state index in [1.165, 1.54) is 32.2 Å². The van der Waals surface area contributed by atoms with Crippen LogP contribution in [-0.2, 0) is 0 Å². The van der Waals surface area contributed by atoms with Crippen molar-refractivity contribution in [2.45, 2.75) is 38.5 Å². The summed E-state index contributed by atoms with van der Waals surface area (Å²) < 4.78 is 0. The monoisotopic (exact) mass is 217 g/mol. The van der Waals surface area contributed by atoms with Crippen LogP contribution in [0, 0.1) is 5.92 Å². The fraction of sp³-hybridized carbons (Fsp3) is 0.600. The van der Waals surface area contributed by atoms with Gasteiger partial charge in [-0.15, -0.1) is 0 Å². The Kier molecular flexibility index (Phi) is 4.41. The lowest BCUT2D eigenvalue weighted by atomic mass is 9.89. The molecule has 16 heavy (non-hydrogen) atoms. The van der Waals surface area contributed by atoms with Crippen molar-refractivity contribution in [2.24, 2.45) is 5.92 Å². The summed E-state index contributed by atoms with van der Waals surface area (Å²) in [6.45, 7) is 4.60. The maximum atomic E-state index is 3.58. The van der Waals surface area contributed by atoms with E-state index in [1.807, 2.05) is 0 Å². The van der Waals surface area contributed by atoms with Gasteiger partial charge in [-0.3, -0.25) is 0 Å². The zero-order valence-corrected chi connectivity index (χ0v) is 10.3. The normalized spacial score (nSPS) is 24.8. The fourth-order valence-electron chi connectivity index (χ4n) is 2.88. The van der Waals surface area contributed by atoms with Crippen molar-refractivity contribution in [3.63, 3.8) is 0 Å². The van der Waals surface area contributed by atoms with Gasteiger partial charge in [0.15, 0.2) is 0 Å². The number of hydrogen-bond acceptors (Lipinski definition) is 1. The van der Waals surface area contributed by atoms with Gasteiger partial charge in [0.25, 0.3) is 0 Å². The van der Waals surface area contributed by atoms with Crippen molar-refractivity contribution in [2.75, 3.05) is 13.1 Å². The summed E-state index contributed by atoms with van der Waals surface area (Å²) in [6.07, 6.45) is 5.42. The first kappa shape index (κ1) is 11.7. The molecule has 0 spiro atoms. The molecule has 0 saturated heterocycles. The van der Waals surface area contributed by atoms with Crippen molar-refractivity contribution < 1.29 is 0 Å². The van der Waals surface area contributed by atoms with E-state index in [-0.39, 0.29) is 0 Å². The van der Waals surface area contributed by atoms with E-state index in [9.17, 15) is 0 Å². The third-order valence-electron chi connectivity index (χ3n) is 3.72. The van der Waals surface area contributed by atoms with E-state index < -0.39 is 0 Å². The Morgan fingerprint density at radius 3 is 2.75 bits per heavy atom. The first-order valence-corrected chi connectivity index (χ1v) is 6.67. The average Bonchev–Trinajstić information content (AvgIpc) is 2.79. The topological polar surface area (TPSA) is 12.0 Å². The molecule has 2 rings (SSSR count). The van der Waals surface area contributed by atoms with Gasteiger partial charge < -0.3 is 5.32 Å². The summed E-state index contributed by atoms with van der Waals surface area (Å²) >= 11 is 0. The van der Waals surface area contributed by atoms with Crippen LogP contribution >= 0.6 is 0 Å². The molecule has 1 nitrogen and oxygen atoms in total. The van der Waals surface area contributed by atoms with Crippen molar-refractivity contribution in [3.8, 4) is 0 Å². The van der Waals surface area contributed by atoms with E-state index in [2.05, 4.69) is 42.6 Å². The van der Waals surface area contributed by atoms with E-state index in [4.69, 9.17) is 0 Å². The van der Waals surface area contributed by atoms with E-state index in [0.29, 0.717) is 0 Å². The summed E-state index contributed by atoms with van der Waals surface area (Å²) in [5, 5.41) is 3.58. The van der Waals surface area contributed by atoms with Crippen LogP contribution in [0.4, 0.5) is 0 Å². The molecule has 1 heteroatoms. The lowest BCUT2D eigenvalue weighted by Gasteiger charge is -2.20. The number of benzene rings is 1. The maximum absolute atomic E-state index is 3.58. The summed E-state index contributed by atoms with van der Waals surface area (Å²) in [6, 6.07) is 11.0. The first-order valence-electron chi connectivity index (χ1n) is 6.67. The second-order valence-electron chi connectivity index (χ2n) is 4.91. The highest BCUT2D eigenvalue weighted by molar-refractivity contribution is 5.21. The molecule has 0 aliphatic heterocycles. The Bertz CT molecular complexity index is 294. The minimum atomic E-state index is 0.797. The van der Waals surface area contributed by atoms with Crippen molar-refractivity contribution in [1.82, 2.24) is 5.32 Å². The molecule has 1 saturated carbocycles. The standard InChI is InChI=1S/C15H23N/c1-2-11-16-12-14-9-6-10-15(14)13-7-4-3-5-8-13/h3-5,7-8,14-16H,2,6,9-12H2,1H3. The summed E-state index contributed by atoms with van der Waals surface area (Å²) in [7, 11) is 0. The molecule has 2 atom stereocenters.